The van der Waals surface area contributed by atoms with Gasteiger partial charge in [-0.3, -0.25) is 14.9 Å². The van der Waals surface area contributed by atoms with E-state index >= 15 is 0 Å². The third-order valence-electron chi connectivity index (χ3n) is 3.67. The molecule has 2 aromatic rings. The number of rotatable bonds is 7. The van der Waals surface area contributed by atoms with Gasteiger partial charge < -0.3 is 10.2 Å². The van der Waals surface area contributed by atoms with Crippen molar-refractivity contribution in [2.45, 2.75) is 26.3 Å². The summed E-state index contributed by atoms with van der Waals surface area (Å²) in [7, 11) is 0. The van der Waals surface area contributed by atoms with E-state index < -0.39 is 12.2 Å². The van der Waals surface area contributed by atoms with Gasteiger partial charge in [-0.1, -0.05) is 48.0 Å². The van der Waals surface area contributed by atoms with Crippen molar-refractivity contribution in [2.24, 2.45) is 0 Å². The number of aryl methyl sites for hydroxylation is 1. The molecule has 0 bridgehead atoms. The predicted octanol–water partition coefficient (Wildman–Crippen LogP) is 1.49. The minimum absolute atomic E-state index is 0.0241. The number of hydrogen-bond donors (Lipinski definition) is 4. The normalized spacial score (nSPS) is 11.1. The van der Waals surface area contributed by atoms with E-state index in [4.69, 9.17) is 5.21 Å². The van der Waals surface area contributed by atoms with Gasteiger partial charge in [0, 0.05) is 18.7 Å². The molecular weight excluding hydrogens is 308 g/mol. The number of aliphatic hydroxyl groups excluding tert-OH is 1. The van der Waals surface area contributed by atoms with Crippen molar-refractivity contribution in [3.63, 3.8) is 0 Å². The molecule has 0 spiro atoms. The maximum atomic E-state index is 11.5. The van der Waals surface area contributed by atoms with Crippen LogP contribution in [0.2, 0.25) is 0 Å². The van der Waals surface area contributed by atoms with Crippen LogP contribution in [0.3, 0.4) is 0 Å². The van der Waals surface area contributed by atoms with Crippen molar-refractivity contribution in [1.29, 1.82) is 0 Å². The molecule has 1 amide bonds. The summed E-state index contributed by atoms with van der Waals surface area (Å²) in [5.41, 5.74) is 5.09. The van der Waals surface area contributed by atoms with Gasteiger partial charge in [0.1, 0.15) is 0 Å². The molecule has 24 heavy (non-hydrogen) atoms. The van der Waals surface area contributed by atoms with Crippen LogP contribution >= 0.6 is 0 Å². The molecule has 0 unspecified atom stereocenters. The maximum absolute atomic E-state index is 11.5. The van der Waals surface area contributed by atoms with Gasteiger partial charge in [0.25, 0.3) is 5.91 Å². The number of hydrogen-bond acceptors (Lipinski definition) is 5. The Morgan fingerprint density at radius 2 is 1.75 bits per heavy atom. The molecule has 0 saturated heterocycles. The predicted molar refractivity (Wildman–Crippen MR) is 88.8 cm³/mol. The first-order valence-electron chi connectivity index (χ1n) is 7.63. The highest BCUT2D eigenvalue weighted by atomic mass is 16.5. The van der Waals surface area contributed by atoms with Gasteiger partial charge >= 0.3 is 0 Å². The van der Waals surface area contributed by atoms with Crippen LogP contribution in [0.25, 0.3) is 0 Å². The molecule has 0 heterocycles. The van der Waals surface area contributed by atoms with E-state index in [9.17, 15) is 15.0 Å². The van der Waals surface area contributed by atoms with Gasteiger partial charge in [-0.2, -0.15) is 0 Å². The number of benzene rings is 2. The molecule has 0 aromatic heterocycles. The van der Waals surface area contributed by atoms with Crippen LogP contribution in [0, 0.1) is 6.92 Å². The number of hydroxylamine groups is 1. The fraction of sp³-hybridized carbons (Fsp3) is 0.278. The van der Waals surface area contributed by atoms with Crippen LogP contribution in [0.5, 0.6) is 0 Å². The zero-order valence-corrected chi connectivity index (χ0v) is 13.5. The summed E-state index contributed by atoms with van der Waals surface area (Å²) in [6.07, 6.45) is -1.53. The summed E-state index contributed by atoms with van der Waals surface area (Å²) in [5, 5.41) is 27.3. The van der Waals surface area contributed by atoms with Gasteiger partial charge in [-0.15, -0.1) is 0 Å². The second-order valence-electron chi connectivity index (χ2n) is 5.78. The first kappa shape index (κ1) is 18.1. The molecule has 128 valence electrons. The Balaban J connectivity index is 2.14. The molecule has 6 heteroatoms. The fourth-order valence-electron chi connectivity index (χ4n) is 2.47. The van der Waals surface area contributed by atoms with Crippen molar-refractivity contribution in [3.05, 3.63) is 70.8 Å². The topological polar surface area (TPSA) is 93.0 Å². The van der Waals surface area contributed by atoms with Crippen LogP contribution in [-0.2, 0) is 17.9 Å². The largest absolute Gasteiger partial charge is 0.364 e. The first-order chi connectivity index (χ1) is 11.5. The number of carbonyl (C=O) groups is 1. The zero-order valence-electron chi connectivity index (χ0n) is 13.5. The highest BCUT2D eigenvalue weighted by molar-refractivity contribution is 5.76. The molecule has 0 radical (unpaired) electrons. The average Bonchev–Trinajstić information content (AvgIpc) is 2.57. The van der Waals surface area contributed by atoms with Crippen molar-refractivity contribution < 1.29 is 20.2 Å². The van der Waals surface area contributed by atoms with Crippen LogP contribution in [0.15, 0.2) is 48.5 Å². The van der Waals surface area contributed by atoms with Gasteiger partial charge in [0.2, 0.25) is 0 Å². The molecule has 0 fully saturated rings. The smallest absolute Gasteiger partial charge is 0.257 e. The highest BCUT2D eigenvalue weighted by Crippen LogP contribution is 2.15. The summed E-state index contributed by atoms with van der Waals surface area (Å²) in [6.45, 7) is 2.99. The summed E-state index contributed by atoms with van der Waals surface area (Å²) in [4.78, 5) is 13.4. The monoisotopic (exact) mass is 330 g/mol. The van der Waals surface area contributed by atoms with Gasteiger partial charge in [-0.25, -0.2) is 5.48 Å². The third kappa shape index (κ3) is 5.43. The first-order valence-corrected chi connectivity index (χ1v) is 7.63. The molecule has 0 saturated carbocycles. The molecule has 2 aromatic carbocycles. The van der Waals surface area contributed by atoms with Crippen molar-refractivity contribution >= 4 is 5.91 Å². The number of carbonyl (C=O) groups excluding carboxylic acids is 1. The highest BCUT2D eigenvalue weighted by Gasteiger charge is 2.13. The average molecular weight is 330 g/mol. The summed E-state index contributed by atoms with van der Waals surface area (Å²) >= 11 is 0. The number of nitrogens with zero attached hydrogens (tertiary/aromatic N) is 1. The fourth-order valence-corrected chi connectivity index (χ4v) is 2.47. The van der Waals surface area contributed by atoms with E-state index in [1.54, 1.807) is 23.7 Å². The SMILES string of the molecule is Cc1ccc(CN(CC(=O)NO)Cc2cccc(C(O)O)c2)cc1. The molecule has 2 rings (SSSR count). The lowest BCUT2D eigenvalue weighted by molar-refractivity contribution is -0.130. The standard InChI is InChI=1S/C18H22N2O4/c1-13-5-7-14(8-6-13)10-20(12-17(21)19-24)11-15-3-2-4-16(9-15)18(22)23/h2-9,18,22-24H,10-12H2,1H3,(H,19,21). The third-order valence-corrected chi connectivity index (χ3v) is 3.67. The van der Waals surface area contributed by atoms with E-state index in [-0.39, 0.29) is 6.54 Å². The number of amides is 1. The summed E-state index contributed by atoms with van der Waals surface area (Å²) in [5.74, 6) is -0.500. The molecular formula is C18H22N2O4. The second kappa shape index (κ2) is 8.56. The Kier molecular flexibility index (Phi) is 6.45. The van der Waals surface area contributed by atoms with Crippen molar-refractivity contribution in [1.82, 2.24) is 10.4 Å². The summed E-state index contributed by atoms with van der Waals surface area (Å²) in [6, 6.07) is 14.9. The van der Waals surface area contributed by atoms with Crippen LogP contribution < -0.4 is 5.48 Å². The molecule has 4 N–H and O–H groups in total. The zero-order chi connectivity index (χ0) is 17.5. The van der Waals surface area contributed by atoms with E-state index in [2.05, 4.69) is 0 Å². The second-order valence-corrected chi connectivity index (χ2v) is 5.78. The minimum Gasteiger partial charge on any atom is -0.364 e. The Labute approximate surface area is 140 Å². The van der Waals surface area contributed by atoms with Crippen molar-refractivity contribution in [2.75, 3.05) is 6.54 Å². The number of aliphatic hydroxyl groups is 2. The van der Waals surface area contributed by atoms with E-state index in [0.717, 1.165) is 16.7 Å². The molecule has 0 aliphatic rings. The molecule has 0 aliphatic carbocycles. The Hall–Kier alpha value is -2.25. The van der Waals surface area contributed by atoms with Crippen LogP contribution in [-0.4, -0.2) is 32.8 Å². The lowest BCUT2D eigenvalue weighted by Crippen LogP contribution is -2.35. The maximum Gasteiger partial charge on any atom is 0.257 e. The van der Waals surface area contributed by atoms with E-state index in [0.29, 0.717) is 18.7 Å². The summed E-state index contributed by atoms with van der Waals surface area (Å²) < 4.78 is 0. The Morgan fingerprint density at radius 3 is 2.38 bits per heavy atom. The Bertz CT molecular complexity index is 671. The van der Waals surface area contributed by atoms with E-state index in [1.807, 2.05) is 42.2 Å². The number of nitrogens with one attached hydrogen (secondary N) is 1. The molecule has 0 aliphatic heterocycles. The van der Waals surface area contributed by atoms with Crippen LogP contribution in [0.4, 0.5) is 0 Å². The minimum atomic E-state index is -1.53. The van der Waals surface area contributed by atoms with Gasteiger partial charge in [0.15, 0.2) is 6.29 Å². The van der Waals surface area contributed by atoms with Crippen molar-refractivity contribution in [3.8, 4) is 0 Å². The van der Waals surface area contributed by atoms with Gasteiger partial charge in [0.05, 0.1) is 6.54 Å². The lowest BCUT2D eigenvalue weighted by atomic mass is 10.1. The van der Waals surface area contributed by atoms with Crippen LogP contribution in [0.1, 0.15) is 28.5 Å². The van der Waals surface area contributed by atoms with Gasteiger partial charge in [-0.05, 0) is 24.1 Å². The molecule has 0 atom stereocenters. The lowest BCUT2D eigenvalue weighted by Gasteiger charge is -2.22. The van der Waals surface area contributed by atoms with E-state index in [1.165, 1.54) is 0 Å². The molecule has 6 nitrogen and oxygen atoms in total. The Morgan fingerprint density at radius 1 is 1.08 bits per heavy atom. The quantitative estimate of drug-likeness (QED) is 0.351.